The predicted molar refractivity (Wildman–Crippen MR) is 84.4 cm³/mol. The average Bonchev–Trinajstić information content (AvgIpc) is 2.53. The molecule has 0 radical (unpaired) electrons. The van der Waals surface area contributed by atoms with E-state index >= 15 is 0 Å². The molecule has 0 fully saturated rings. The van der Waals surface area contributed by atoms with Crippen molar-refractivity contribution in [1.82, 2.24) is 10.3 Å². The van der Waals surface area contributed by atoms with Crippen LogP contribution in [-0.4, -0.2) is 28.8 Å². The molecule has 5 heteroatoms. The Bertz CT molecular complexity index is 597. The topological polar surface area (TPSA) is 62.2 Å². The number of rotatable bonds is 5. The van der Waals surface area contributed by atoms with Crippen molar-refractivity contribution in [2.24, 2.45) is 0 Å². The Morgan fingerprint density at radius 1 is 1.29 bits per heavy atom. The van der Waals surface area contributed by atoms with Crippen molar-refractivity contribution in [3.8, 4) is 0 Å². The van der Waals surface area contributed by atoms with Gasteiger partial charge in [0, 0.05) is 6.20 Å². The lowest BCUT2D eigenvalue weighted by Crippen LogP contribution is -2.38. The molecule has 0 saturated heterocycles. The predicted octanol–water partition coefficient (Wildman–Crippen LogP) is 2.44. The normalized spacial score (nSPS) is 13.5. The van der Waals surface area contributed by atoms with Gasteiger partial charge >= 0.3 is 0 Å². The summed E-state index contributed by atoms with van der Waals surface area (Å²) in [5.74, 6) is -0.244. The quantitative estimate of drug-likeness (QED) is 0.833. The zero-order valence-electron chi connectivity index (χ0n) is 12.0. The Labute approximate surface area is 128 Å². The highest BCUT2D eigenvalue weighted by Crippen LogP contribution is 2.19. The Balaban J connectivity index is 2.00. The van der Waals surface area contributed by atoms with Crippen molar-refractivity contribution in [3.63, 3.8) is 0 Å². The number of amides is 1. The summed E-state index contributed by atoms with van der Waals surface area (Å²) in [6.07, 6.45) is 3.47. The molecule has 1 unspecified atom stereocenters. The van der Waals surface area contributed by atoms with Gasteiger partial charge in [-0.25, -0.2) is 4.98 Å². The number of carbonyl (C=O) groups is 1. The first kappa shape index (κ1) is 15.5. The van der Waals surface area contributed by atoms with Gasteiger partial charge in [0.15, 0.2) is 0 Å². The lowest BCUT2D eigenvalue weighted by molar-refractivity contribution is 0.0526. The summed E-state index contributed by atoms with van der Waals surface area (Å²) in [4.78, 5) is 16.2. The third-order valence-electron chi connectivity index (χ3n) is 3.20. The number of nitrogens with one attached hydrogen (secondary N) is 1. The summed E-state index contributed by atoms with van der Waals surface area (Å²) in [6.45, 7) is 1.82. The molecule has 21 heavy (non-hydrogen) atoms. The summed E-state index contributed by atoms with van der Waals surface area (Å²) in [5.41, 5.74) is 0.140. The van der Waals surface area contributed by atoms with Crippen LogP contribution in [0.2, 0.25) is 0 Å². The van der Waals surface area contributed by atoms with Crippen LogP contribution in [0.5, 0.6) is 0 Å². The van der Waals surface area contributed by atoms with Crippen LogP contribution in [0.1, 0.15) is 22.8 Å². The standard InChI is InChI=1S/C16H18N2O2S/c1-16(20,13-6-4-3-5-7-13)11-18-15(19)12-8-9-14(21-2)17-10-12/h3-10,20H,11H2,1-2H3,(H,18,19). The molecule has 0 spiro atoms. The highest BCUT2D eigenvalue weighted by atomic mass is 32.2. The van der Waals surface area contributed by atoms with Crippen LogP contribution < -0.4 is 5.32 Å². The maximum Gasteiger partial charge on any atom is 0.252 e. The molecule has 110 valence electrons. The van der Waals surface area contributed by atoms with E-state index in [9.17, 15) is 9.90 Å². The fraction of sp³-hybridized carbons (Fsp3) is 0.250. The van der Waals surface area contributed by atoms with Gasteiger partial charge in [-0.2, -0.15) is 0 Å². The minimum absolute atomic E-state index is 0.139. The van der Waals surface area contributed by atoms with Gasteiger partial charge in [0.05, 0.1) is 17.1 Å². The third-order valence-corrected chi connectivity index (χ3v) is 3.86. The second-order valence-corrected chi connectivity index (χ2v) is 5.74. The summed E-state index contributed by atoms with van der Waals surface area (Å²) in [7, 11) is 0. The fourth-order valence-electron chi connectivity index (χ4n) is 1.89. The van der Waals surface area contributed by atoms with E-state index in [0.29, 0.717) is 5.56 Å². The maximum atomic E-state index is 12.1. The second kappa shape index (κ2) is 6.74. The van der Waals surface area contributed by atoms with Crippen LogP contribution in [0, 0.1) is 0 Å². The van der Waals surface area contributed by atoms with E-state index in [4.69, 9.17) is 0 Å². The number of benzene rings is 1. The average molecular weight is 302 g/mol. The summed E-state index contributed by atoms with van der Waals surface area (Å²) in [5, 5.41) is 14.0. The Morgan fingerprint density at radius 2 is 2.00 bits per heavy atom. The Morgan fingerprint density at radius 3 is 2.57 bits per heavy atom. The SMILES string of the molecule is CSc1ccc(C(=O)NCC(C)(O)c2ccccc2)cn1. The number of aliphatic hydroxyl groups is 1. The molecule has 2 N–H and O–H groups in total. The molecular weight excluding hydrogens is 284 g/mol. The maximum absolute atomic E-state index is 12.1. The number of hydrogen-bond donors (Lipinski definition) is 2. The minimum Gasteiger partial charge on any atom is -0.384 e. The molecule has 0 aliphatic rings. The number of nitrogens with zero attached hydrogens (tertiary/aromatic N) is 1. The van der Waals surface area contributed by atoms with E-state index in [1.807, 2.05) is 36.6 Å². The molecule has 0 aliphatic heterocycles. The molecule has 4 nitrogen and oxygen atoms in total. The first-order chi connectivity index (χ1) is 10.0. The second-order valence-electron chi connectivity index (χ2n) is 4.91. The number of thioether (sulfide) groups is 1. The largest absolute Gasteiger partial charge is 0.384 e. The number of aromatic nitrogens is 1. The van der Waals surface area contributed by atoms with Gasteiger partial charge in [0.2, 0.25) is 0 Å². The van der Waals surface area contributed by atoms with Crippen LogP contribution in [0.4, 0.5) is 0 Å². The smallest absolute Gasteiger partial charge is 0.252 e. The molecule has 2 rings (SSSR count). The minimum atomic E-state index is -1.11. The van der Waals surface area contributed by atoms with Gasteiger partial charge in [-0.05, 0) is 30.9 Å². The molecule has 2 aromatic rings. The molecule has 0 saturated carbocycles. The zero-order valence-corrected chi connectivity index (χ0v) is 12.9. The molecule has 1 atom stereocenters. The van der Waals surface area contributed by atoms with E-state index < -0.39 is 5.60 Å². The van der Waals surface area contributed by atoms with Gasteiger partial charge < -0.3 is 10.4 Å². The first-order valence-corrected chi connectivity index (χ1v) is 7.81. The molecule has 0 aliphatic carbocycles. The van der Waals surface area contributed by atoms with Gasteiger partial charge in [-0.15, -0.1) is 11.8 Å². The summed E-state index contributed by atoms with van der Waals surface area (Å²) < 4.78 is 0. The monoisotopic (exact) mass is 302 g/mol. The van der Waals surface area contributed by atoms with Gasteiger partial charge in [-0.3, -0.25) is 4.79 Å². The van der Waals surface area contributed by atoms with Crippen LogP contribution >= 0.6 is 11.8 Å². The van der Waals surface area contributed by atoms with Crippen LogP contribution in [0.15, 0.2) is 53.7 Å². The Hall–Kier alpha value is -1.85. The van der Waals surface area contributed by atoms with Crippen molar-refractivity contribution in [2.45, 2.75) is 17.6 Å². The van der Waals surface area contributed by atoms with Gasteiger partial charge in [0.1, 0.15) is 5.60 Å². The summed E-state index contributed by atoms with van der Waals surface area (Å²) >= 11 is 1.52. The van der Waals surface area contributed by atoms with Crippen LogP contribution in [0.25, 0.3) is 0 Å². The highest BCUT2D eigenvalue weighted by Gasteiger charge is 2.23. The van der Waals surface area contributed by atoms with E-state index in [0.717, 1.165) is 10.6 Å². The molecule has 0 bridgehead atoms. The van der Waals surface area contributed by atoms with Crippen molar-refractivity contribution >= 4 is 17.7 Å². The van der Waals surface area contributed by atoms with Gasteiger partial charge in [0.25, 0.3) is 5.91 Å². The van der Waals surface area contributed by atoms with Crippen molar-refractivity contribution in [3.05, 3.63) is 59.8 Å². The Kier molecular flexibility index (Phi) is 4.98. The van der Waals surface area contributed by atoms with Crippen LogP contribution in [0.3, 0.4) is 0 Å². The van der Waals surface area contributed by atoms with E-state index in [1.54, 1.807) is 25.3 Å². The van der Waals surface area contributed by atoms with Gasteiger partial charge in [-0.1, -0.05) is 30.3 Å². The third kappa shape index (κ3) is 4.06. The zero-order chi connectivity index (χ0) is 15.3. The number of pyridine rings is 1. The molecule has 1 aromatic heterocycles. The first-order valence-electron chi connectivity index (χ1n) is 6.59. The van der Waals surface area contributed by atoms with Crippen molar-refractivity contribution in [1.29, 1.82) is 0 Å². The number of hydrogen-bond acceptors (Lipinski definition) is 4. The molecule has 1 heterocycles. The fourth-order valence-corrected chi connectivity index (χ4v) is 2.25. The molecule has 1 aromatic carbocycles. The van der Waals surface area contributed by atoms with Crippen molar-refractivity contribution in [2.75, 3.05) is 12.8 Å². The lowest BCUT2D eigenvalue weighted by atomic mass is 9.96. The van der Waals surface area contributed by atoms with E-state index in [-0.39, 0.29) is 12.5 Å². The summed E-state index contributed by atoms with van der Waals surface area (Å²) in [6, 6.07) is 12.8. The van der Waals surface area contributed by atoms with E-state index in [2.05, 4.69) is 10.3 Å². The molecule has 1 amide bonds. The number of carbonyl (C=O) groups excluding carboxylic acids is 1. The van der Waals surface area contributed by atoms with E-state index in [1.165, 1.54) is 11.8 Å². The molecular formula is C16H18N2O2S. The van der Waals surface area contributed by atoms with Crippen molar-refractivity contribution < 1.29 is 9.90 Å². The van der Waals surface area contributed by atoms with Crippen LogP contribution in [-0.2, 0) is 5.60 Å². The lowest BCUT2D eigenvalue weighted by Gasteiger charge is -2.24. The highest BCUT2D eigenvalue weighted by molar-refractivity contribution is 7.98.